The summed E-state index contributed by atoms with van der Waals surface area (Å²) in [6.45, 7) is 29.4. The van der Waals surface area contributed by atoms with E-state index < -0.39 is 301 Å². The highest BCUT2D eigenvalue weighted by Crippen LogP contribution is 2.23. The van der Waals surface area contributed by atoms with Gasteiger partial charge in [0.1, 0.15) is 108 Å². The third-order valence-corrected chi connectivity index (χ3v) is 23.5. The predicted molar refractivity (Wildman–Crippen MR) is 520 cm³/mol. The number of nitrogens with one attached hydrogen (secondary N) is 17. The van der Waals surface area contributed by atoms with Crippen LogP contribution in [0, 0.1) is 47.3 Å². The van der Waals surface area contributed by atoms with Gasteiger partial charge in [-0.1, -0.05) is 156 Å². The summed E-state index contributed by atoms with van der Waals surface area (Å²) in [6, 6.07) is -24.2. The van der Waals surface area contributed by atoms with Crippen molar-refractivity contribution in [2.75, 3.05) is 39.5 Å². The summed E-state index contributed by atoms with van der Waals surface area (Å²) in [6.07, 6.45) is 2.27. The van der Waals surface area contributed by atoms with Crippen LogP contribution in [-0.4, -0.2) is 302 Å². The van der Waals surface area contributed by atoms with E-state index in [1.165, 1.54) is 38.7 Å². The lowest BCUT2D eigenvalue weighted by Crippen LogP contribution is -2.62. The number of primary amides is 1. The van der Waals surface area contributed by atoms with Gasteiger partial charge >= 0.3 is 5.97 Å². The summed E-state index contributed by atoms with van der Waals surface area (Å²) in [4.78, 5) is 279. The van der Waals surface area contributed by atoms with Gasteiger partial charge in [-0.3, -0.25) is 91.1 Å². The number of carboxylic acids is 1. The first-order valence-corrected chi connectivity index (χ1v) is 49.0. The maximum absolute atomic E-state index is 14.6. The molecule has 1 fully saturated rings. The predicted octanol–water partition coefficient (Wildman–Crippen LogP) is -4.00. The molecule has 141 heavy (non-hydrogen) atoms. The molecule has 1 aliphatic heterocycles. The molecule has 0 aromatic rings. The largest absolute Gasteiger partial charge is 0.480 e. The minimum Gasteiger partial charge on any atom is -0.480 e. The van der Waals surface area contributed by atoms with Crippen molar-refractivity contribution >= 4 is 118 Å². The van der Waals surface area contributed by atoms with E-state index >= 15 is 0 Å². The van der Waals surface area contributed by atoms with Crippen molar-refractivity contribution in [1.29, 1.82) is 0 Å². The number of nitrogens with two attached hydrogens (primary N) is 3. The van der Waals surface area contributed by atoms with Crippen molar-refractivity contribution in [3.05, 3.63) is 23.5 Å². The smallest absolute Gasteiger partial charge is 0.326 e. The average molecular weight is 2010 g/mol. The molecule has 47 nitrogen and oxygen atoms in total. The topological polar surface area (TPSA) is 749 Å². The van der Waals surface area contributed by atoms with Crippen molar-refractivity contribution in [2.45, 2.75) is 363 Å². The summed E-state index contributed by atoms with van der Waals surface area (Å²) in [5, 5.41) is 105. The van der Waals surface area contributed by atoms with Gasteiger partial charge in [0.05, 0.1) is 31.8 Å². The number of nitrogens with zero attached hydrogens (tertiary/aromatic N) is 1. The quantitative estimate of drug-likeness (QED) is 0.0204. The molecule has 29 N–H and O–H groups in total. The monoisotopic (exact) mass is 2000 g/mol. The molecular formula is C94H165N21O26. The second-order valence-corrected chi connectivity index (χ2v) is 38.5. The number of rotatable bonds is 67. The Morgan fingerprint density at radius 2 is 0.752 bits per heavy atom. The second kappa shape index (κ2) is 65.6. The van der Waals surface area contributed by atoms with Gasteiger partial charge in [0, 0.05) is 19.6 Å². The molecule has 0 saturated carbocycles. The highest BCUT2D eigenvalue weighted by atomic mass is 16.4. The Labute approximate surface area is 826 Å². The molecule has 1 aliphatic rings. The van der Waals surface area contributed by atoms with E-state index in [1.807, 2.05) is 6.92 Å². The van der Waals surface area contributed by atoms with Crippen LogP contribution >= 0.6 is 0 Å². The van der Waals surface area contributed by atoms with E-state index in [4.69, 9.17) is 17.2 Å². The zero-order chi connectivity index (χ0) is 108. The number of amides is 19. The van der Waals surface area contributed by atoms with E-state index in [9.17, 15) is 127 Å². The first kappa shape index (κ1) is 128. The molecule has 0 aromatic heterocycles. The van der Waals surface area contributed by atoms with Crippen LogP contribution in [0.1, 0.15) is 254 Å². The van der Waals surface area contributed by atoms with Gasteiger partial charge < -0.3 is 143 Å². The number of unbranched alkanes of at least 4 members (excludes halogenated alkanes) is 3. The molecule has 19 atom stereocenters. The van der Waals surface area contributed by atoms with E-state index in [0.29, 0.717) is 32.1 Å². The van der Waals surface area contributed by atoms with Crippen molar-refractivity contribution in [2.24, 2.45) is 64.5 Å². The van der Waals surface area contributed by atoms with Crippen molar-refractivity contribution < 1.29 is 127 Å². The van der Waals surface area contributed by atoms with E-state index in [2.05, 4.69) is 90.4 Å². The van der Waals surface area contributed by atoms with Gasteiger partial charge in [0.25, 0.3) is 11.8 Å². The lowest BCUT2D eigenvalue weighted by atomic mass is 9.97. The standard InChI is InChI=1S/C94H165N21O26/c1-21-25-26-30-56(120)44-70(122)98-58(24-4)93(139)115-39-29-32-68(115)86(132)107-66(45-117)84(130)105-64(42-48(7)8)82(128)110-72(51(13)14)89(135)108-67(46-118)85(131)106-65(43-49(9)10)83(129)111-74(53(17)18)90(136)112-73(52(15)16)88(134)101-59(33-34-69(97)121)78(124)104-63(41-47(5)6)81(127)109-71(50(11)12)87(133)99-57(23-3)77(123)114-76(55(20)119)92(138)113-75(54(19)22-2)91(137)102-61(36-40-116)80(126)100-60(35-38-96)79(125)103-62(94(140)141)31-27-28-37-95/h23-24,47-56,59-68,71-76,116-120H,21-22,25-46,95-96H2,1-20H3,(H2,97,121)(H,98,122)(H,99,133)(H,100,126)(H,101,134)(H,102,137)(H,103,125)(H,104,124)(H,105,130)(H,106,131)(H,107,132)(H,108,135)(H,109,127)(H,110,128)(H,111,129)(H,112,136)(H,113,138)(H,114,123)(H,140,141)/b57-23-,58-24-/t54-,55+,56+,59+,60+,61+,62+,63+,64+,65+,66+,67+,68-,71+,72+,73+,74+,75+,76+/m1/s1. The Kier molecular flexibility index (Phi) is 59.4. The van der Waals surface area contributed by atoms with Gasteiger partial charge in [0.2, 0.25) is 100 Å². The van der Waals surface area contributed by atoms with Crippen LogP contribution < -0.4 is 108 Å². The van der Waals surface area contributed by atoms with Crippen LogP contribution in [0.15, 0.2) is 23.5 Å². The number of aliphatic hydroxyl groups is 5. The van der Waals surface area contributed by atoms with Gasteiger partial charge in [-0.15, -0.1) is 0 Å². The fourth-order valence-corrected chi connectivity index (χ4v) is 15.1. The molecular weight excluding hydrogens is 1840 g/mol. The number of carbonyl (C=O) groups excluding carboxylic acids is 19. The van der Waals surface area contributed by atoms with Crippen LogP contribution in [0.5, 0.6) is 0 Å². The number of carboxylic acid groups (broad SMARTS) is 1. The number of aliphatic carboxylic acids is 1. The molecule has 1 saturated heterocycles. The first-order chi connectivity index (χ1) is 66.1. The lowest BCUT2D eigenvalue weighted by molar-refractivity contribution is -0.142. The highest BCUT2D eigenvalue weighted by Gasteiger charge is 2.44. The maximum Gasteiger partial charge on any atom is 0.326 e. The zero-order valence-electron chi connectivity index (χ0n) is 85.7. The van der Waals surface area contributed by atoms with Crippen LogP contribution in [0.3, 0.4) is 0 Å². The van der Waals surface area contributed by atoms with Crippen LogP contribution in [0.2, 0.25) is 0 Å². The molecule has 0 aromatic carbocycles. The minimum atomic E-state index is -1.85. The van der Waals surface area contributed by atoms with Crippen molar-refractivity contribution in [1.82, 2.24) is 95.3 Å². The fraction of sp³-hybridized carbons (Fsp3) is 0.745. The third-order valence-electron chi connectivity index (χ3n) is 23.5. The van der Waals surface area contributed by atoms with Crippen LogP contribution in [0.4, 0.5) is 0 Å². The Bertz CT molecular complexity index is 4200. The summed E-state index contributed by atoms with van der Waals surface area (Å²) in [5.74, 6) is -24.1. The SMILES string of the molecule is C/C=C(\NC(=O)[C@@H](NC(=O)[C@H](CC(C)C)NC(=O)[C@H](CCC(N)=O)NC(=O)[C@@H](NC(=O)[C@@H](NC(=O)[C@H](CC(C)C)NC(=O)[C@H](CO)NC(=O)[C@@H](NC(=O)[C@H](CC(C)C)NC(=O)[C@H](CO)NC(=O)[C@H]1CCCN1C(=O)/C(=C/C)NC(=O)C[C@@H](O)CCCCC)C(C)C)C(C)C)C(C)C)C(C)C)C(=O)N[C@H](C(=O)N[C@H](C(=O)N[C@@H](CCO)C(=O)N[C@@H](CCN)C(=O)N[C@@H](CCCCN)C(=O)O)[C@H](C)CC)[C@H](C)O. The zero-order valence-corrected chi connectivity index (χ0v) is 85.7. The normalized spacial score (nSPS) is 16.7. The fourth-order valence-electron chi connectivity index (χ4n) is 15.1. The molecule has 1 rings (SSSR count). The average Bonchev–Trinajstić information content (AvgIpc) is 1.69. The number of carbonyl (C=O) groups is 20. The minimum absolute atomic E-state index is 0.0258. The lowest BCUT2D eigenvalue weighted by Gasteiger charge is -2.31. The highest BCUT2D eigenvalue weighted by molar-refractivity contribution is 6.05. The molecule has 0 aliphatic carbocycles. The third kappa shape index (κ3) is 45.2. The van der Waals surface area contributed by atoms with Crippen LogP contribution in [-0.2, 0) is 95.9 Å². The number of likely N-dealkylation sites (tertiary alicyclic amines) is 1. The van der Waals surface area contributed by atoms with Gasteiger partial charge in [-0.05, 0) is 158 Å². The maximum atomic E-state index is 14.6. The van der Waals surface area contributed by atoms with E-state index in [-0.39, 0.29) is 94.5 Å². The molecule has 0 radical (unpaired) electrons. The van der Waals surface area contributed by atoms with Gasteiger partial charge in [-0.25, -0.2) is 4.79 Å². The summed E-state index contributed by atoms with van der Waals surface area (Å²) in [7, 11) is 0. The van der Waals surface area contributed by atoms with Gasteiger partial charge in [0.15, 0.2) is 0 Å². The molecule has 47 heteroatoms. The molecule has 802 valence electrons. The van der Waals surface area contributed by atoms with E-state index in [1.54, 1.807) is 96.9 Å². The number of hydrogen-bond acceptors (Lipinski definition) is 27. The van der Waals surface area contributed by atoms with Crippen molar-refractivity contribution in [3.8, 4) is 0 Å². The van der Waals surface area contributed by atoms with E-state index in [0.717, 1.165) is 25.8 Å². The number of aliphatic hydroxyl groups excluding tert-OH is 5. The second-order valence-electron chi connectivity index (χ2n) is 38.5. The Hall–Kier alpha value is -11.4. The first-order valence-electron chi connectivity index (χ1n) is 49.0. The summed E-state index contributed by atoms with van der Waals surface area (Å²) >= 11 is 0. The molecule has 0 unspecified atom stereocenters. The number of hydrogen-bond donors (Lipinski definition) is 26. The van der Waals surface area contributed by atoms with Gasteiger partial charge in [-0.2, -0.15) is 0 Å². The Balaban J connectivity index is 3.48. The molecule has 0 bridgehead atoms. The van der Waals surface area contributed by atoms with Crippen LogP contribution in [0.25, 0.3) is 0 Å². The molecule has 1 heterocycles. The molecule has 0 spiro atoms. The Morgan fingerprint density at radius 1 is 0.383 bits per heavy atom. The molecule has 19 amide bonds. The van der Waals surface area contributed by atoms with Crippen molar-refractivity contribution in [3.63, 3.8) is 0 Å². The summed E-state index contributed by atoms with van der Waals surface area (Å²) < 4.78 is 0. The Morgan fingerprint density at radius 3 is 1.15 bits per heavy atom. The number of allylic oxidation sites excluding steroid dienone is 2. The summed E-state index contributed by atoms with van der Waals surface area (Å²) in [5.41, 5.74) is 16.2.